The third kappa shape index (κ3) is 8.31. The first-order chi connectivity index (χ1) is 19.1. The van der Waals surface area contributed by atoms with Gasteiger partial charge in [-0.25, -0.2) is 9.59 Å². The molecule has 18 nitrogen and oxygen atoms in total. The third-order valence-corrected chi connectivity index (χ3v) is 6.80. The number of amides is 1. The van der Waals surface area contributed by atoms with Crippen molar-refractivity contribution in [2.45, 2.75) is 95.1 Å². The molecule has 9 atom stereocenters. The molecule has 3 heterocycles. The number of hydrogen-bond acceptors (Lipinski definition) is 15. The van der Waals surface area contributed by atoms with Crippen LogP contribution in [0.15, 0.2) is 21.9 Å². The van der Waals surface area contributed by atoms with Crippen molar-refractivity contribution in [3.63, 3.8) is 0 Å². The largest absolute Gasteiger partial charge is 0.425 e. The minimum atomic E-state index is -4.88. The van der Waals surface area contributed by atoms with E-state index < -0.39 is 102 Å². The molecule has 2 aliphatic rings. The maximum Gasteiger partial charge on any atom is 0.425 e. The Morgan fingerprint density at radius 2 is 1.66 bits per heavy atom. The number of carbonyl (C=O) groups is 1. The average molecular weight is 614 g/mol. The Bertz CT molecular complexity index is 1250. The molecule has 0 saturated carbocycles. The maximum absolute atomic E-state index is 12.5. The second-order valence-corrected chi connectivity index (χ2v) is 11.2. The summed E-state index contributed by atoms with van der Waals surface area (Å²) in [7, 11) is -4.88. The van der Waals surface area contributed by atoms with Crippen molar-refractivity contribution in [1.82, 2.24) is 14.3 Å². The second kappa shape index (κ2) is 13.7. The number of aromatic amines is 1. The Morgan fingerprint density at radius 1 is 1.02 bits per heavy atom. The minimum Gasteiger partial charge on any atom is -0.416 e. The van der Waals surface area contributed by atoms with Gasteiger partial charge in [0.25, 0.3) is 5.56 Å². The molecule has 0 bridgehead atoms. The molecule has 1 amide bonds. The molecule has 6 N–H and O–H groups in total. The molecular formula is C22H35N3O15S. The van der Waals surface area contributed by atoms with Gasteiger partial charge in [-0.3, -0.25) is 18.5 Å². The first-order valence-corrected chi connectivity index (χ1v) is 14.0. The van der Waals surface area contributed by atoms with Gasteiger partial charge in [0.2, 0.25) is 6.29 Å². The zero-order valence-corrected chi connectivity index (χ0v) is 23.4. The molecular weight excluding hydrogens is 578 g/mol. The Morgan fingerprint density at radius 3 is 2.24 bits per heavy atom. The summed E-state index contributed by atoms with van der Waals surface area (Å²) in [4.78, 5) is 38.3. The molecule has 1 unspecified atom stereocenters. The van der Waals surface area contributed by atoms with Crippen molar-refractivity contribution in [2.24, 2.45) is 0 Å². The normalized spacial score (nSPS) is 32.4. The highest BCUT2D eigenvalue weighted by Gasteiger charge is 2.49. The lowest BCUT2D eigenvalue weighted by atomic mass is 9.99. The topological polar surface area (TPSA) is 254 Å². The van der Waals surface area contributed by atoms with Crippen molar-refractivity contribution in [2.75, 3.05) is 13.2 Å². The van der Waals surface area contributed by atoms with Crippen LogP contribution in [-0.4, -0.2) is 119 Å². The van der Waals surface area contributed by atoms with E-state index in [0.717, 1.165) is 10.6 Å². The van der Waals surface area contributed by atoms with E-state index in [1.54, 1.807) is 27.7 Å². The fourth-order valence-corrected chi connectivity index (χ4v) is 4.84. The minimum absolute atomic E-state index is 0.384. The van der Waals surface area contributed by atoms with Crippen LogP contribution in [0, 0.1) is 0 Å². The Labute approximate surface area is 234 Å². The Balaban J connectivity index is 1.72. The van der Waals surface area contributed by atoms with E-state index >= 15 is 0 Å². The van der Waals surface area contributed by atoms with Crippen LogP contribution in [0.2, 0.25) is 0 Å². The van der Waals surface area contributed by atoms with Gasteiger partial charge in [0, 0.05) is 12.3 Å². The molecule has 2 saturated heterocycles. The molecule has 1 aromatic rings. The summed E-state index contributed by atoms with van der Waals surface area (Å²) < 4.78 is 59.8. The zero-order chi connectivity index (χ0) is 30.6. The average Bonchev–Trinajstić information content (AvgIpc) is 3.18. The highest BCUT2D eigenvalue weighted by Crippen LogP contribution is 2.34. The van der Waals surface area contributed by atoms with Gasteiger partial charge in [0.1, 0.15) is 42.7 Å². The lowest BCUT2D eigenvalue weighted by Crippen LogP contribution is -2.60. The number of aromatic nitrogens is 2. The fourth-order valence-electron chi connectivity index (χ4n) is 4.21. The van der Waals surface area contributed by atoms with Gasteiger partial charge in [-0.2, -0.15) is 13.1 Å². The summed E-state index contributed by atoms with van der Waals surface area (Å²) >= 11 is 0. The molecule has 0 radical (unpaired) electrons. The lowest BCUT2D eigenvalue weighted by molar-refractivity contribution is -0.284. The lowest BCUT2D eigenvalue weighted by Gasteiger charge is -2.38. The van der Waals surface area contributed by atoms with Crippen LogP contribution < -0.4 is 16.0 Å². The molecule has 41 heavy (non-hydrogen) atoms. The summed E-state index contributed by atoms with van der Waals surface area (Å²) in [6.45, 7) is 5.32. The van der Waals surface area contributed by atoms with Crippen molar-refractivity contribution < 1.29 is 61.5 Å². The predicted molar refractivity (Wildman–Crippen MR) is 134 cm³/mol. The quantitative estimate of drug-likeness (QED) is 0.144. The molecule has 0 spiro atoms. The highest BCUT2D eigenvalue weighted by molar-refractivity contribution is 7.85. The number of aliphatic hydroxyl groups is 4. The number of H-pyrrole nitrogens is 1. The number of aliphatic hydroxyl groups excluding tert-OH is 4. The van der Waals surface area contributed by atoms with Crippen LogP contribution in [0.4, 0.5) is 4.79 Å². The SMILES string of the molecule is CC(C)OC1[C@H](n2ccc(=O)[nH]c2=O)O[C@H](COS(=O)(=O)NC(=O)O[C@H]2O[C@H](CO)[C@@H](O)[C@H](O)[C@H]2O)[C@H]1OC(C)C. The first kappa shape index (κ1) is 33.0. The van der Waals surface area contributed by atoms with Gasteiger partial charge in [-0.05, 0) is 27.7 Å². The summed E-state index contributed by atoms with van der Waals surface area (Å²) in [5, 5.41) is 38.8. The molecule has 0 aromatic carbocycles. The molecule has 1 aromatic heterocycles. The summed E-state index contributed by atoms with van der Waals surface area (Å²) in [5.74, 6) is 0. The summed E-state index contributed by atoms with van der Waals surface area (Å²) in [6, 6.07) is 1.09. The predicted octanol–water partition coefficient (Wildman–Crippen LogP) is -3.19. The second-order valence-electron chi connectivity index (χ2n) is 9.82. The van der Waals surface area contributed by atoms with Crippen LogP contribution in [0.25, 0.3) is 0 Å². The Hall–Kier alpha value is -2.46. The van der Waals surface area contributed by atoms with Gasteiger partial charge in [0.15, 0.2) is 6.23 Å². The fraction of sp³-hybridized carbons (Fsp3) is 0.773. The van der Waals surface area contributed by atoms with Crippen LogP contribution in [0.3, 0.4) is 0 Å². The van der Waals surface area contributed by atoms with Crippen LogP contribution in [0.1, 0.15) is 33.9 Å². The molecule has 0 aliphatic carbocycles. The van der Waals surface area contributed by atoms with Gasteiger partial charge in [-0.15, -0.1) is 0 Å². The van der Waals surface area contributed by atoms with E-state index in [-0.39, 0.29) is 6.10 Å². The standard InChI is InChI=1S/C22H35N3O15S/c1-9(2)36-17-12(38-19(18(17)37-10(3)4)25-6-5-13(27)23-21(25)31)8-35-41(33,34)24-22(32)40-20-16(30)15(29)14(28)11(7-26)39-20/h5-6,9-12,14-20,26,28-30H,7-8H2,1-4H3,(H,24,32)(H,23,27,31)/t11-,12-,14-,15+,16-,17-,18?,19-,20-/m1/s1. The number of hydrogen-bond donors (Lipinski definition) is 6. The van der Waals surface area contributed by atoms with Crippen molar-refractivity contribution in [3.8, 4) is 0 Å². The maximum atomic E-state index is 12.5. The van der Waals surface area contributed by atoms with Gasteiger partial charge >= 0.3 is 22.1 Å². The van der Waals surface area contributed by atoms with Gasteiger partial charge < -0.3 is 44.1 Å². The van der Waals surface area contributed by atoms with E-state index in [1.165, 1.54) is 10.9 Å². The molecule has 19 heteroatoms. The third-order valence-electron chi connectivity index (χ3n) is 5.94. The van der Waals surface area contributed by atoms with Crippen molar-refractivity contribution >= 4 is 16.4 Å². The van der Waals surface area contributed by atoms with Crippen LogP contribution >= 0.6 is 0 Å². The van der Waals surface area contributed by atoms with E-state index in [2.05, 4.69) is 9.72 Å². The van der Waals surface area contributed by atoms with Crippen molar-refractivity contribution in [1.29, 1.82) is 0 Å². The summed E-state index contributed by atoms with van der Waals surface area (Å²) in [5.41, 5.74) is -1.46. The number of nitrogens with zero attached hydrogens (tertiary/aromatic N) is 1. The molecule has 2 fully saturated rings. The number of nitrogens with one attached hydrogen (secondary N) is 2. The molecule has 2 aliphatic heterocycles. The van der Waals surface area contributed by atoms with Gasteiger partial charge in [-0.1, -0.05) is 0 Å². The van der Waals surface area contributed by atoms with Crippen molar-refractivity contribution in [3.05, 3.63) is 33.1 Å². The van der Waals surface area contributed by atoms with E-state index in [1.807, 2.05) is 0 Å². The van der Waals surface area contributed by atoms with E-state index in [4.69, 9.17) is 23.1 Å². The summed E-state index contributed by atoms with van der Waals surface area (Å²) in [6.07, 6.45) is -14.4. The Kier molecular flexibility index (Phi) is 11.0. The zero-order valence-electron chi connectivity index (χ0n) is 22.6. The molecule has 3 rings (SSSR count). The first-order valence-electron chi connectivity index (χ1n) is 12.6. The van der Waals surface area contributed by atoms with Crippen LogP contribution in [0.5, 0.6) is 0 Å². The van der Waals surface area contributed by atoms with Gasteiger partial charge in [0.05, 0.1) is 25.4 Å². The van der Waals surface area contributed by atoms with E-state index in [0.29, 0.717) is 0 Å². The number of rotatable bonds is 11. The number of carbonyl (C=O) groups excluding carboxylic acids is 1. The number of ether oxygens (including phenoxy) is 5. The van der Waals surface area contributed by atoms with E-state index in [9.17, 15) is 43.2 Å². The van der Waals surface area contributed by atoms with Crippen LogP contribution in [-0.2, 0) is 38.2 Å². The molecule has 234 valence electrons. The smallest absolute Gasteiger partial charge is 0.416 e. The highest BCUT2D eigenvalue weighted by atomic mass is 32.2. The monoisotopic (exact) mass is 613 g/mol.